The van der Waals surface area contributed by atoms with Gasteiger partial charge in [-0.3, -0.25) is 4.79 Å². The third-order valence-electron chi connectivity index (χ3n) is 3.74. The van der Waals surface area contributed by atoms with Gasteiger partial charge in [0.15, 0.2) is 5.78 Å². The molecule has 1 rings (SSSR count). The summed E-state index contributed by atoms with van der Waals surface area (Å²) in [6, 6.07) is 6.39. The highest BCUT2D eigenvalue weighted by atomic mass is 32.3. The highest BCUT2D eigenvalue weighted by molar-refractivity contribution is 8.33. The van der Waals surface area contributed by atoms with Gasteiger partial charge in [0, 0.05) is 17.1 Å². The van der Waals surface area contributed by atoms with Crippen molar-refractivity contribution in [1.82, 2.24) is 0 Å². The smallest absolute Gasteiger partial charge is 0.395 e. The van der Waals surface area contributed by atoms with Crippen LogP contribution in [0.15, 0.2) is 24.3 Å². The fourth-order valence-electron chi connectivity index (χ4n) is 2.28. The van der Waals surface area contributed by atoms with Crippen molar-refractivity contribution in [3.8, 4) is 0 Å². The summed E-state index contributed by atoms with van der Waals surface area (Å²) in [6.07, 6.45) is 0. The average molecular weight is 432 g/mol. The van der Waals surface area contributed by atoms with Crippen LogP contribution >= 0.6 is 10.3 Å². The van der Waals surface area contributed by atoms with E-state index in [1.165, 1.54) is 12.1 Å². The molecule has 0 aliphatic rings. The van der Waals surface area contributed by atoms with Gasteiger partial charge in [0.1, 0.15) is 0 Å². The molecule has 0 unspecified atom stereocenters. The number of alkyl halides is 3. The number of hydrogen-bond acceptors (Lipinski definition) is 6. The minimum atomic E-state index is -5.98. The number of hydrogen-bond donors (Lipinski definition) is 2. The summed E-state index contributed by atoms with van der Waals surface area (Å²) < 4.78 is 65.5. The van der Waals surface area contributed by atoms with Crippen molar-refractivity contribution in [1.29, 1.82) is 0 Å². The Bertz CT molecular complexity index is 724. The molecule has 0 fully saturated rings. The molecule has 0 aliphatic carbocycles. The zero-order valence-corrected chi connectivity index (χ0v) is 16.5. The van der Waals surface area contributed by atoms with Crippen molar-refractivity contribution in [3.05, 3.63) is 35.4 Å². The van der Waals surface area contributed by atoms with Crippen LogP contribution in [-0.2, 0) is 13.7 Å². The van der Waals surface area contributed by atoms with Crippen LogP contribution in [0.3, 0.4) is 0 Å². The molecule has 0 atom stereocenters. The molecule has 156 valence electrons. The summed E-state index contributed by atoms with van der Waals surface area (Å²) in [5.41, 5.74) is -4.54. The van der Waals surface area contributed by atoms with E-state index in [9.17, 15) is 36.6 Å². The lowest BCUT2D eigenvalue weighted by molar-refractivity contribution is -0.0496. The fourth-order valence-corrected chi connectivity index (χ4v) is 6.64. The van der Waals surface area contributed by atoms with Crippen molar-refractivity contribution in [2.24, 2.45) is 0 Å². The zero-order valence-electron chi connectivity index (χ0n) is 14.9. The quantitative estimate of drug-likeness (QED) is 0.435. The summed E-state index contributed by atoms with van der Waals surface area (Å²) in [4.78, 5) is 12.5. The highest BCUT2D eigenvalue weighted by Gasteiger charge is 2.51. The molecule has 6 nitrogen and oxygen atoms in total. The molecule has 27 heavy (non-hydrogen) atoms. The van der Waals surface area contributed by atoms with Gasteiger partial charge in [0.2, 0.25) is 0 Å². The van der Waals surface area contributed by atoms with Crippen molar-refractivity contribution < 1.29 is 40.2 Å². The molecular formula is C16H23F3O6S2. The molecule has 0 aliphatic heterocycles. The van der Waals surface area contributed by atoms with Gasteiger partial charge in [-0.2, -0.15) is 21.6 Å². The van der Waals surface area contributed by atoms with E-state index in [1.54, 1.807) is 12.1 Å². The molecule has 0 amide bonds. The zero-order chi connectivity index (χ0) is 20.9. The van der Waals surface area contributed by atoms with Crippen LogP contribution in [0.4, 0.5) is 13.2 Å². The van der Waals surface area contributed by atoms with Crippen LogP contribution in [0.25, 0.3) is 0 Å². The molecule has 0 heterocycles. The van der Waals surface area contributed by atoms with Crippen LogP contribution in [0, 0.1) is 0 Å². The van der Waals surface area contributed by atoms with E-state index in [0.29, 0.717) is 0 Å². The summed E-state index contributed by atoms with van der Waals surface area (Å²) in [5, 5.41) is 18.4. The largest absolute Gasteiger partial charge is 0.523 e. The molecule has 0 spiro atoms. The number of carbonyl (C=O) groups is 1. The maximum atomic E-state index is 12.7. The van der Waals surface area contributed by atoms with Crippen molar-refractivity contribution in [3.63, 3.8) is 0 Å². The highest BCUT2D eigenvalue weighted by Crippen LogP contribution is 2.52. The molecule has 1 aromatic carbocycles. The Labute approximate surface area is 158 Å². The van der Waals surface area contributed by atoms with Gasteiger partial charge in [0.25, 0.3) is 0 Å². The second kappa shape index (κ2) is 9.37. The third-order valence-corrected chi connectivity index (χ3v) is 8.82. The second-order valence-corrected chi connectivity index (χ2v) is 11.1. The number of aliphatic hydroxyl groups excluding tert-OH is 2. The Kier molecular flexibility index (Phi) is 8.30. The lowest BCUT2D eigenvalue weighted by atomic mass is 10.0. The minimum Gasteiger partial charge on any atom is -0.395 e. The minimum absolute atomic E-state index is 0.181. The van der Waals surface area contributed by atoms with E-state index >= 15 is 0 Å². The molecule has 0 saturated carbocycles. The van der Waals surface area contributed by atoms with Crippen LogP contribution in [0.2, 0.25) is 0 Å². The number of carbonyl (C=O) groups excluding carboxylic acids is 1. The number of Topliss-reactive ketones (excluding diaryl/α,β-unsaturated/α-hetero) is 1. The average Bonchev–Trinajstić information content (AvgIpc) is 2.53. The Hall–Kier alpha value is -1.14. The first-order chi connectivity index (χ1) is 12.4. The van der Waals surface area contributed by atoms with E-state index in [2.05, 4.69) is 3.63 Å². The summed E-state index contributed by atoms with van der Waals surface area (Å²) in [6.45, 7) is 2.51. The normalized spacial score (nSPS) is 13.8. The standard InChI is InChI=1S/C16H23F3O6S2/c1-12(2)13-3-5-14(6-4-13)15(22)11-26(9-7-20,10-8-21)25-27(23,24)16(17,18)19/h3-6,12,20-21H,7-11H2,1-2H3. The topological polar surface area (TPSA) is 101 Å². The van der Waals surface area contributed by atoms with Gasteiger partial charge in [0.05, 0.1) is 19.0 Å². The van der Waals surface area contributed by atoms with Gasteiger partial charge in [-0.25, -0.2) is 3.63 Å². The number of halogens is 3. The van der Waals surface area contributed by atoms with Gasteiger partial charge < -0.3 is 10.2 Å². The van der Waals surface area contributed by atoms with Crippen molar-refractivity contribution in [2.75, 3.05) is 30.5 Å². The Morgan fingerprint density at radius 2 is 1.56 bits per heavy atom. The molecule has 2 N–H and O–H groups in total. The van der Waals surface area contributed by atoms with Crippen LogP contribution in [-0.4, -0.2) is 60.4 Å². The number of aliphatic hydroxyl groups is 2. The second-order valence-electron chi connectivity index (χ2n) is 6.13. The monoisotopic (exact) mass is 432 g/mol. The number of ketones is 1. The van der Waals surface area contributed by atoms with E-state index in [0.717, 1.165) is 5.56 Å². The molecular weight excluding hydrogens is 409 g/mol. The molecule has 0 aromatic heterocycles. The van der Waals surface area contributed by atoms with Crippen molar-refractivity contribution >= 4 is 26.2 Å². The van der Waals surface area contributed by atoms with Gasteiger partial charge in [-0.15, -0.1) is 10.3 Å². The van der Waals surface area contributed by atoms with E-state index in [4.69, 9.17) is 0 Å². The lowest BCUT2D eigenvalue weighted by Gasteiger charge is -2.37. The van der Waals surface area contributed by atoms with Crippen LogP contribution < -0.4 is 0 Å². The van der Waals surface area contributed by atoms with E-state index in [-0.39, 0.29) is 11.5 Å². The van der Waals surface area contributed by atoms with Gasteiger partial charge in [-0.05, 0) is 11.5 Å². The summed E-state index contributed by atoms with van der Waals surface area (Å²) in [7, 11) is -9.25. The van der Waals surface area contributed by atoms with Gasteiger partial charge >= 0.3 is 15.6 Å². The Morgan fingerprint density at radius 1 is 1.07 bits per heavy atom. The number of rotatable bonds is 10. The predicted octanol–water partition coefficient (Wildman–Crippen LogP) is 2.56. The summed E-state index contributed by atoms with van der Waals surface area (Å²) >= 11 is 0. The maximum absolute atomic E-state index is 12.7. The molecule has 0 saturated heterocycles. The van der Waals surface area contributed by atoms with E-state index < -0.39 is 62.2 Å². The van der Waals surface area contributed by atoms with Crippen LogP contribution in [0.1, 0.15) is 35.7 Å². The third kappa shape index (κ3) is 6.46. The molecule has 0 bridgehead atoms. The first kappa shape index (κ1) is 23.9. The van der Waals surface area contributed by atoms with E-state index in [1.807, 2.05) is 13.8 Å². The summed E-state index contributed by atoms with van der Waals surface area (Å²) in [5.74, 6) is -2.05. The first-order valence-corrected chi connectivity index (χ1v) is 11.5. The first-order valence-electron chi connectivity index (χ1n) is 8.01. The lowest BCUT2D eigenvalue weighted by Crippen LogP contribution is -2.33. The van der Waals surface area contributed by atoms with Gasteiger partial charge in [-0.1, -0.05) is 38.1 Å². The van der Waals surface area contributed by atoms with Crippen molar-refractivity contribution in [2.45, 2.75) is 25.3 Å². The maximum Gasteiger partial charge on any atom is 0.523 e. The molecule has 1 aromatic rings. The van der Waals surface area contributed by atoms with Crippen LogP contribution in [0.5, 0.6) is 0 Å². The SMILES string of the molecule is CC(C)c1ccc(C(=O)CS(CCO)(CCO)OS(=O)(=O)C(F)(F)F)cc1. The number of benzene rings is 1. The Morgan fingerprint density at radius 3 is 1.93 bits per heavy atom. The Balaban J connectivity index is 3.18. The predicted molar refractivity (Wildman–Crippen MR) is 97.3 cm³/mol. The fraction of sp³-hybridized carbons (Fsp3) is 0.562. The molecule has 11 heteroatoms. The molecule has 0 radical (unpaired) electrons.